The Kier molecular flexibility index (Phi) is 5.10. The molecule has 1 aromatic carbocycles. The molecule has 1 aromatic rings. The van der Waals surface area contributed by atoms with Crippen molar-refractivity contribution >= 4 is 15.9 Å². The first-order chi connectivity index (χ1) is 10.6. The van der Waals surface area contributed by atoms with Gasteiger partial charge >= 0.3 is 0 Å². The van der Waals surface area contributed by atoms with Crippen LogP contribution in [0.4, 0.5) is 4.39 Å². The standard InChI is InChI=1S/C16H23FN2O3S/c1-10(2)13-8-19(9-15(13)18-23(4,21)22)16(20)12-6-5-11(3)14(17)7-12/h5-7,10,13,15,18H,8-9H2,1-4H3/t13-,15+/m1/s1. The number of halogens is 1. The highest BCUT2D eigenvalue weighted by molar-refractivity contribution is 7.88. The fourth-order valence-electron chi connectivity index (χ4n) is 2.98. The summed E-state index contributed by atoms with van der Waals surface area (Å²) in [4.78, 5) is 14.2. The number of nitrogens with zero attached hydrogens (tertiary/aromatic N) is 1. The number of hydrogen-bond acceptors (Lipinski definition) is 3. The second-order valence-corrected chi connectivity index (χ2v) is 8.36. The molecule has 0 unspecified atom stereocenters. The highest BCUT2D eigenvalue weighted by atomic mass is 32.2. The fourth-order valence-corrected chi connectivity index (χ4v) is 3.78. The van der Waals surface area contributed by atoms with Crippen molar-refractivity contribution in [2.75, 3.05) is 19.3 Å². The summed E-state index contributed by atoms with van der Waals surface area (Å²) in [6.45, 7) is 6.39. The summed E-state index contributed by atoms with van der Waals surface area (Å²) < 4.78 is 39.3. The van der Waals surface area contributed by atoms with E-state index in [-0.39, 0.29) is 29.3 Å². The minimum absolute atomic E-state index is 0.0315. The molecule has 1 heterocycles. The van der Waals surface area contributed by atoms with Crippen LogP contribution >= 0.6 is 0 Å². The largest absolute Gasteiger partial charge is 0.337 e. The van der Waals surface area contributed by atoms with Gasteiger partial charge < -0.3 is 4.90 Å². The van der Waals surface area contributed by atoms with Crippen LogP contribution in [0.5, 0.6) is 0 Å². The van der Waals surface area contributed by atoms with Gasteiger partial charge in [0.25, 0.3) is 5.91 Å². The van der Waals surface area contributed by atoms with Crippen molar-refractivity contribution in [2.45, 2.75) is 26.8 Å². The number of likely N-dealkylation sites (tertiary alicyclic amines) is 1. The lowest BCUT2D eigenvalue weighted by Gasteiger charge is -2.21. The lowest BCUT2D eigenvalue weighted by Crippen LogP contribution is -2.41. The molecule has 0 aliphatic carbocycles. The van der Waals surface area contributed by atoms with E-state index in [0.29, 0.717) is 18.7 Å². The molecular weight excluding hydrogens is 319 g/mol. The Labute approximate surface area is 136 Å². The molecule has 5 nitrogen and oxygen atoms in total. The van der Waals surface area contributed by atoms with Crippen molar-refractivity contribution in [1.29, 1.82) is 0 Å². The molecule has 1 N–H and O–H groups in total. The number of nitrogens with one attached hydrogen (secondary N) is 1. The Hall–Kier alpha value is -1.47. The van der Waals surface area contributed by atoms with Crippen LogP contribution in [0.25, 0.3) is 0 Å². The Morgan fingerprint density at radius 3 is 2.52 bits per heavy atom. The van der Waals surface area contributed by atoms with Gasteiger partial charge in [0.1, 0.15) is 5.82 Å². The van der Waals surface area contributed by atoms with Crippen LogP contribution in [0.3, 0.4) is 0 Å². The van der Waals surface area contributed by atoms with Gasteiger partial charge in [-0.2, -0.15) is 0 Å². The van der Waals surface area contributed by atoms with E-state index >= 15 is 0 Å². The van der Waals surface area contributed by atoms with Crippen molar-refractivity contribution < 1.29 is 17.6 Å². The molecule has 7 heteroatoms. The monoisotopic (exact) mass is 342 g/mol. The maximum atomic E-state index is 13.7. The van der Waals surface area contributed by atoms with E-state index < -0.39 is 15.8 Å². The van der Waals surface area contributed by atoms with Gasteiger partial charge in [-0.05, 0) is 36.5 Å². The molecule has 0 spiro atoms. The second kappa shape index (κ2) is 6.57. The molecule has 0 radical (unpaired) electrons. The zero-order chi connectivity index (χ0) is 17.4. The van der Waals surface area contributed by atoms with E-state index in [4.69, 9.17) is 0 Å². The van der Waals surface area contributed by atoms with Crippen molar-refractivity contribution in [1.82, 2.24) is 9.62 Å². The predicted molar refractivity (Wildman–Crippen MR) is 87.1 cm³/mol. The molecule has 0 bridgehead atoms. The maximum Gasteiger partial charge on any atom is 0.254 e. The van der Waals surface area contributed by atoms with E-state index in [0.717, 1.165) is 6.26 Å². The normalized spacial score (nSPS) is 21.9. The first-order valence-electron chi connectivity index (χ1n) is 7.61. The SMILES string of the molecule is Cc1ccc(C(=O)N2C[C@H](NS(C)(=O)=O)[C@@H](C(C)C)C2)cc1F. The summed E-state index contributed by atoms with van der Waals surface area (Å²) in [5, 5.41) is 0. The molecule has 1 aliphatic heterocycles. The summed E-state index contributed by atoms with van der Waals surface area (Å²) in [7, 11) is -3.35. The van der Waals surface area contributed by atoms with Crippen LogP contribution < -0.4 is 4.72 Å². The molecule has 1 fully saturated rings. The number of hydrogen-bond donors (Lipinski definition) is 1. The third kappa shape index (κ3) is 4.29. The average molecular weight is 342 g/mol. The van der Waals surface area contributed by atoms with E-state index in [1.54, 1.807) is 24.0 Å². The van der Waals surface area contributed by atoms with Gasteiger partial charge in [-0.3, -0.25) is 4.79 Å². The first-order valence-corrected chi connectivity index (χ1v) is 9.50. The molecule has 2 atom stereocenters. The van der Waals surface area contributed by atoms with Crippen LogP contribution in [0.1, 0.15) is 29.8 Å². The third-order valence-electron chi connectivity index (χ3n) is 4.29. The van der Waals surface area contributed by atoms with E-state index in [9.17, 15) is 17.6 Å². The molecule has 2 rings (SSSR count). The number of aryl methyl sites for hydroxylation is 1. The zero-order valence-electron chi connectivity index (χ0n) is 13.8. The molecule has 1 aliphatic rings. The van der Waals surface area contributed by atoms with Crippen LogP contribution in [0, 0.1) is 24.6 Å². The Bertz CT molecular complexity index is 703. The highest BCUT2D eigenvalue weighted by Crippen LogP contribution is 2.26. The van der Waals surface area contributed by atoms with Crippen molar-refractivity contribution in [3.63, 3.8) is 0 Å². The number of carbonyl (C=O) groups excluding carboxylic acids is 1. The van der Waals surface area contributed by atoms with Gasteiger partial charge in [0.2, 0.25) is 10.0 Å². The summed E-state index contributed by atoms with van der Waals surface area (Å²) >= 11 is 0. The minimum atomic E-state index is -3.35. The van der Waals surface area contributed by atoms with Crippen LogP contribution in [-0.4, -0.2) is 44.6 Å². The van der Waals surface area contributed by atoms with Gasteiger partial charge in [0.05, 0.1) is 6.26 Å². The predicted octanol–water partition coefficient (Wildman–Crippen LogP) is 1.78. The first kappa shape index (κ1) is 17.9. The lowest BCUT2D eigenvalue weighted by molar-refractivity contribution is 0.0782. The van der Waals surface area contributed by atoms with Crippen LogP contribution in [-0.2, 0) is 10.0 Å². The molecule has 128 valence electrons. The topological polar surface area (TPSA) is 66.5 Å². The number of benzene rings is 1. The quantitative estimate of drug-likeness (QED) is 0.907. The lowest BCUT2D eigenvalue weighted by atomic mass is 9.92. The Balaban J connectivity index is 2.20. The maximum absolute atomic E-state index is 13.7. The van der Waals surface area contributed by atoms with E-state index in [1.165, 1.54) is 6.07 Å². The number of carbonyl (C=O) groups is 1. The van der Waals surface area contributed by atoms with E-state index in [1.807, 2.05) is 13.8 Å². The smallest absolute Gasteiger partial charge is 0.254 e. The number of sulfonamides is 1. The number of amides is 1. The van der Waals surface area contributed by atoms with Crippen LogP contribution in [0.15, 0.2) is 18.2 Å². The Morgan fingerprint density at radius 1 is 1.35 bits per heavy atom. The van der Waals surface area contributed by atoms with Crippen molar-refractivity contribution in [2.24, 2.45) is 11.8 Å². The molecular formula is C16H23FN2O3S. The number of rotatable bonds is 4. The average Bonchev–Trinajstić information content (AvgIpc) is 2.83. The fraction of sp³-hybridized carbons (Fsp3) is 0.562. The van der Waals surface area contributed by atoms with Gasteiger partial charge in [-0.25, -0.2) is 17.5 Å². The Morgan fingerprint density at radius 2 is 2.00 bits per heavy atom. The molecule has 1 amide bonds. The van der Waals surface area contributed by atoms with Gasteiger partial charge in [0.15, 0.2) is 0 Å². The summed E-state index contributed by atoms with van der Waals surface area (Å²) in [6.07, 6.45) is 1.12. The van der Waals surface area contributed by atoms with Gasteiger partial charge in [-0.15, -0.1) is 0 Å². The van der Waals surface area contributed by atoms with E-state index in [2.05, 4.69) is 4.72 Å². The van der Waals surface area contributed by atoms with Gasteiger partial charge in [0, 0.05) is 24.7 Å². The highest BCUT2D eigenvalue weighted by Gasteiger charge is 2.38. The third-order valence-corrected chi connectivity index (χ3v) is 5.02. The molecule has 23 heavy (non-hydrogen) atoms. The van der Waals surface area contributed by atoms with Crippen LogP contribution in [0.2, 0.25) is 0 Å². The summed E-state index contributed by atoms with van der Waals surface area (Å²) in [5.41, 5.74) is 0.773. The van der Waals surface area contributed by atoms with Gasteiger partial charge in [-0.1, -0.05) is 19.9 Å². The summed E-state index contributed by atoms with van der Waals surface area (Å²) in [6, 6.07) is 4.09. The zero-order valence-corrected chi connectivity index (χ0v) is 14.7. The minimum Gasteiger partial charge on any atom is -0.337 e. The molecule has 0 aromatic heterocycles. The second-order valence-electron chi connectivity index (χ2n) is 6.58. The molecule has 0 saturated carbocycles. The van der Waals surface area contributed by atoms with Crippen molar-refractivity contribution in [3.05, 3.63) is 35.1 Å². The summed E-state index contributed by atoms with van der Waals surface area (Å²) in [5.74, 6) is -0.431. The molecule has 1 saturated heterocycles. The van der Waals surface area contributed by atoms with Crippen molar-refractivity contribution in [3.8, 4) is 0 Å².